The van der Waals surface area contributed by atoms with Crippen molar-refractivity contribution in [1.29, 1.82) is 0 Å². The van der Waals surface area contributed by atoms with E-state index in [1.807, 2.05) is 6.07 Å². The smallest absolute Gasteiger partial charge is 0.191 e. The van der Waals surface area contributed by atoms with Gasteiger partial charge in [0.25, 0.3) is 0 Å². The SMILES string of the molecule is CCNC(=NCc1csc(CC)n1)NC1CCCN(c2cccc(OC)c2)C1.I. The molecule has 1 saturated heterocycles. The van der Waals surface area contributed by atoms with Gasteiger partial charge < -0.3 is 20.3 Å². The zero-order valence-electron chi connectivity index (χ0n) is 17.5. The number of methoxy groups -OCH3 is 1. The number of anilines is 1. The van der Waals surface area contributed by atoms with Crippen LogP contribution in [0.15, 0.2) is 34.6 Å². The molecule has 1 aromatic heterocycles. The number of rotatable bonds is 7. The van der Waals surface area contributed by atoms with Crippen molar-refractivity contribution in [1.82, 2.24) is 15.6 Å². The van der Waals surface area contributed by atoms with Gasteiger partial charge in [-0.1, -0.05) is 13.0 Å². The third kappa shape index (κ3) is 7.02. The van der Waals surface area contributed by atoms with Crippen molar-refractivity contribution in [3.8, 4) is 5.75 Å². The molecule has 0 spiro atoms. The highest BCUT2D eigenvalue weighted by Gasteiger charge is 2.21. The van der Waals surface area contributed by atoms with Crippen molar-refractivity contribution >= 4 is 47.0 Å². The van der Waals surface area contributed by atoms with Gasteiger partial charge in [-0.2, -0.15) is 0 Å². The number of thiazole rings is 1. The van der Waals surface area contributed by atoms with Crippen LogP contribution in [0.5, 0.6) is 5.75 Å². The zero-order chi connectivity index (χ0) is 19.8. The van der Waals surface area contributed by atoms with Crippen LogP contribution in [0.25, 0.3) is 0 Å². The van der Waals surface area contributed by atoms with Gasteiger partial charge in [-0.15, -0.1) is 35.3 Å². The minimum Gasteiger partial charge on any atom is -0.497 e. The molecule has 0 saturated carbocycles. The molecule has 1 atom stereocenters. The first-order valence-electron chi connectivity index (χ1n) is 10.1. The fraction of sp³-hybridized carbons (Fsp3) is 0.524. The summed E-state index contributed by atoms with van der Waals surface area (Å²) >= 11 is 1.71. The molecule has 2 N–H and O–H groups in total. The van der Waals surface area contributed by atoms with E-state index in [2.05, 4.69) is 57.9 Å². The molecule has 0 aliphatic carbocycles. The second-order valence-electron chi connectivity index (χ2n) is 6.91. The normalized spacial score (nSPS) is 16.9. The summed E-state index contributed by atoms with van der Waals surface area (Å²) in [7, 11) is 1.71. The maximum atomic E-state index is 5.38. The predicted molar refractivity (Wildman–Crippen MR) is 133 cm³/mol. The topological polar surface area (TPSA) is 61.8 Å². The Morgan fingerprint density at radius 1 is 1.38 bits per heavy atom. The first-order chi connectivity index (χ1) is 13.7. The molecule has 1 fully saturated rings. The number of nitrogens with one attached hydrogen (secondary N) is 2. The molecule has 1 aliphatic rings. The largest absolute Gasteiger partial charge is 0.497 e. The fourth-order valence-corrected chi connectivity index (χ4v) is 4.13. The predicted octanol–water partition coefficient (Wildman–Crippen LogP) is 4.06. The molecule has 3 rings (SSSR count). The summed E-state index contributed by atoms with van der Waals surface area (Å²) in [6, 6.07) is 8.66. The second kappa shape index (κ2) is 12.2. The number of benzene rings is 1. The molecule has 6 nitrogen and oxygen atoms in total. The molecule has 29 heavy (non-hydrogen) atoms. The van der Waals surface area contributed by atoms with Gasteiger partial charge in [-0.05, 0) is 38.3 Å². The summed E-state index contributed by atoms with van der Waals surface area (Å²) in [5.74, 6) is 1.77. The lowest BCUT2D eigenvalue weighted by Crippen LogP contribution is -2.51. The van der Waals surface area contributed by atoms with E-state index in [9.17, 15) is 0 Å². The molecular weight excluding hydrogens is 497 g/mol. The number of hydrogen-bond acceptors (Lipinski definition) is 5. The third-order valence-corrected chi connectivity index (χ3v) is 5.87. The molecule has 8 heteroatoms. The second-order valence-corrected chi connectivity index (χ2v) is 7.85. The Morgan fingerprint density at radius 3 is 2.97 bits per heavy atom. The van der Waals surface area contributed by atoms with Gasteiger partial charge >= 0.3 is 0 Å². The minimum atomic E-state index is 0. The molecule has 160 valence electrons. The van der Waals surface area contributed by atoms with E-state index in [-0.39, 0.29) is 24.0 Å². The highest BCUT2D eigenvalue weighted by atomic mass is 127. The average molecular weight is 529 g/mol. The van der Waals surface area contributed by atoms with E-state index in [1.54, 1.807) is 18.4 Å². The van der Waals surface area contributed by atoms with Gasteiger partial charge in [0, 0.05) is 42.8 Å². The maximum Gasteiger partial charge on any atom is 0.191 e. The number of hydrogen-bond donors (Lipinski definition) is 2. The summed E-state index contributed by atoms with van der Waals surface area (Å²) in [6.07, 6.45) is 3.27. The molecule has 2 aromatic rings. The quantitative estimate of drug-likeness (QED) is 0.322. The Hall–Kier alpha value is -1.55. The van der Waals surface area contributed by atoms with Crippen LogP contribution in [-0.4, -0.2) is 43.7 Å². The van der Waals surface area contributed by atoms with E-state index >= 15 is 0 Å². The highest BCUT2D eigenvalue weighted by molar-refractivity contribution is 14.0. The Morgan fingerprint density at radius 2 is 2.24 bits per heavy atom. The first kappa shape index (κ1) is 23.7. The average Bonchev–Trinajstić information content (AvgIpc) is 3.20. The Balaban J connectivity index is 0.00000300. The van der Waals surface area contributed by atoms with E-state index in [0.29, 0.717) is 12.6 Å². The summed E-state index contributed by atoms with van der Waals surface area (Å²) in [6.45, 7) is 7.70. The molecule has 0 radical (unpaired) electrons. The van der Waals surface area contributed by atoms with Crippen LogP contribution in [0.2, 0.25) is 0 Å². The lowest BCUT2D eigenvalue weighted by atomic mass is 10.0. The monoisotopic (exact) mass is 529 g/mol. The number of aryl methyl sites for hydroxylation is 1. The summed E-state index contributed by atoms with van der Waals surface area (Å²) in [4.78, 5) is 11.8. The van der Waals surface area contributed by atoms with Gasteiger partial charge in [0.15, 0.2) is 5.96 Å². The number of aromatic nitrogens is 1. The molecule has 2 heterocycles. The van der Waals surface area contributed by atoms with Gasteiger partial charge in [0.2, 0.25) is 0 Å². The van der Waals surface area contributed by atoms with Crippen molar-refractivity contribution in [2.45, 2.75) is 45.7 Å². The van der Waals surface area contributed by atoms with Crippen LogP contribution < -0.4 is 20.3 Å². The molecule has 1 aromatic carbocycles. The molecule has 0 amide bonds. The highest BCUT2D eigenvalue weighted by Crippen LogP contribution is 2.24. The maximum absolute atomic E-state index is 5.38. The number of halogens is 1. The van der Waals surface area contributed by atoms with Crippen molar-refractivity contribution in [3.63, 3.8) is 0 Å². The van der Waals surface area contributed by atoms with Crippen molar-refractivity contribution in [3.05, 3.63) is 40.3 Å². The molecule has 0 bridgehead atoms. The fourth-order valence-electron chi connectivity index (χ4n) is 3.39. The van der Waals surface area contributed by atoms with Gasteiger partial charge in [-0.25, -0.2) is 9.98 Å². The van der Waals surface area contributed by atoms with Crippen LogP contribution in [0.4, 0.5) is 5.69 Å². The number of aliphatic imine (C=N–C) groups is 1. The van der Waals surface area contributed by atoms with Crippen molar-refractivity contribution < 1.29 is 4.74 Å². The number of guanidine groups is 1. The van der Waals surface area contributed by atoms with E-state index in [1.165, 1.54) is 10.7 Å². The third-order valence-electron chi connectivity index (χ3n) is 4.83. The van der Waals surface area contributed by atoms with E-state index in [4.69, 9.17) is 9.73 Å². The van der Waals surface area contributed by atoms with E-state index < -0.39 is 0 Å². The van der Waals surface area contributed by atoms with E-state index in [0.717, 1.165) is 56.3 Å². The minimum absolute atomic E-state index is 0. The zero-order valence-corrected chi connectivity index (χ0v) is 20.6. The lowest BCUT2D eigenvalue weighted by molar-refractivity contribution is 0.414. The van der Waals surface area contributed by atoms with Crippen LogP contribution in [-0.2, 0) is 13.0 Å². The summed E-state index contributed by atoms with van der Waals surface area (Å²) in [5.41, 5.74) is 2.25. The van der Waals surface area contributed by atoms with Crippen LogP contribution in [0, 0.1) is 0 Å². The Labute approximate surface area is 195 Å². The summed E-state index contributed by atoms with van der Waals surface area (Å²) in [5, 5.41) is 10.3. The number of nitrogens with zero attached hydrogens (tertiary/aromatic N) is 3. The number of ether oxygens (including phenoxy) is 1. The van der Waals surface area contributed by atoms with Gasteiger partial charge in [-0.3, -0.25) is 0 Å². The lowest BCUT2D eigenvalue weighted by Gasteiger charge is -2.35. The molecule has 1 aliphatic heterocycles. The molecule has 1 unspecified atom stereocenters. The molecular formula is C21H32IN5OS. The van der Waals surface area contributed by atoms with Gasteiger partial charge in [0.1, 0.15) is 5.75 Å². The van der Waals surface area contributed by atoms with Crippen molar-refractivity contribution in [2.24, 2.45) is 4.99 Å². The number of piperidine rings is 1. The summed E-state index contributed by atoms with van der Waals surface area (Å²) < 4.78 is 5.38. The van der Waals surface area contributed by atoms with Crippen LogP contribution in [0.1, 0.15) is 37.4 Å². The van der Waals surface area contributed by atoms with Gasteiger partial charge in [0.05, 0.1) is 24.4 Å². The standard InChI is InChI=1S/C21H31N5OS.HI/c1-4-20-24-17(15-28-20)13-23-21(22-5-2)25-16-8-7-11-26(14-16)18-9-6-10-19(12-18)27-3;/h6,9-10,12,15-16H,4-5,7-8,11,13-14H2,1-3H3,(H2,22,23,25);1H. The Bertz CT molecular complexity index is 782. The van der Waals surface area contributed by atoms with Crippen molar-refractivity contribution in [2.75, 3.05) is 31.6 Å². The first-order valence-corrected chi connectivity index (χ1v) is 11.0. The Kier molecular flexibility index (Phi) is 9.99. The van der Waals surface area contributed by atoms with Crippen LogP contribution in [0.3, 0.4) is 0 Å². The van der Waals surface area contributed by atoms with Crippen LogP contribution >= 0.6 is 35.3 Å².